The van der Waals surface area contributed by atoms with Crippen LogP contribution in [-0.4, -0.2) is 15.8 Å². The molecule has 0 aliphatic rings. The average Bonchev–Trinajstić information content (AvgIpc) is 2.32. The smallest absolute Gasteiger partial charge is 0.193 e. The molecule has 1 aromatic carbocycles. The highest BCUT2D eigenvalue weighted by molar-refractivity contribution is 7.99. The lowest BCUT2D eigenvalue weighted by Crippen LogP contribution is -2.13. The van der Waals surface area contributed by atoms with E-state index in [1.165, 1.54) is 17.3 Å². The fourth-order valence-electron chi connectivity index (χ4n) is 1.25. The maximum absolute atomic E-state index is 7.32. The highest BCUT2D eigenvalue weighted by atomic mass is 32.2. The zero-order chi connectivity index (χ0) is 12.3. The molecule has 0 aliphatic heterocycles. The largest absolute Gasteiger partial charge is 0.382 e. The number of nitrogens with zero attached hydrogens (tertiary/aromatic N) is 2. The van der Waals surface area contributed by atoms with Gasteiger partial charge in [0.25, 0.3) is 0 Å². The summed E-state index contributed by atoms with van der Waals surface area (Å²) in [5.41, 5.74) is 7.05. The van der Waals surface area contributed by atoms with Crippen LogP contribution >= 0.6 is 11.8 Å². The molecule has 2 aromatic rings. The molecule has 0 aliphatic carbocycles. The Morgan fingerprint density at radius 3 is 2.59 bits per heavy atom. The van der Waals surface area contributed by atoms with Gasteiger partial charge in [0, 0.05) is 11.1 Å². The summed E-state index contributed by atoms with van der Waals surface area (Å²) in [7, 11) is 0. The molecule has 0 atom stereocenters. The molecule has 0 spiro atoms. The molecule has 5 heteroatoms. The van der Waals surface area contributed by atoms with Crippen LogP contribution in [0.2, 0.25) is 0 Å². The first kappa shape index (κ1) is 11.6. The van der Waals surface area contributed by atoms with Crippen LogP contribution < -0.4 is 5.73 Å². The maximum atomic E-state index is 7.32. The van der Waals surface area contributed by atoms with E-state index in [1.54, 1.807) is 12.3 Å². The molecule has 0 saturated carbocycles. The van der Waals surface area contributed by atoms with E-state index in [9.17, 15) is 0 Å². The molecule has 0 amide bonds. The van der Waals surface area contributed by atoms with Crippen molar-refractivity contribution >= 4 is 17.6 Å². The van der Waals surface area contributed by atoms with Crippen molar-refractivity contribution < 1.29 is 0 Å². The van der Waals surface area contributed by atoms with Crippen molar-refractivity contribution in [3.05, 3.63) is 47.8 Å². The van der Waals surface area contributed by atoms with Gasteiger partial charge in [-0.15, -0.1) is 0 Å². The molecule has 1 aromatic heterocycles. The number of aryl methyl sites for hydroxylation is 1. The molecule has 0 unspecified atom stereocenters. The number of amidine groups is 1. The number of nitrogens with two attached hydrogens (primary N) is 1. The molecule has 0 radical (unpaired) electrons. The van der Waals surface area contributed by atoms with Crippen LogP contribution in [0.5, 0.6) is 0 Å². The Hall–Kier alpha value is -1.88. The van der Waals surface area contributed by atoms with Crippen molar-refractivity contribution in [1.29, 1.82) is 5.41 Å². The van der Waals surface area contributed by atoms with Gasteiger partial charge in [0.2, 0.25) is 0 Å². The van der Waals surface area contributed by atoms with Crippen molar-refractivity contribution in [2.24, 2.45) is 5.73 Å². The second kappa shape index (κ2) is 4.97. The fraction of sp³-hybridized carbons (Fsp3) is 0.0833. The molecule has 1 heterocycles. The first-order valence-corrected chi connectivity index (χ1v) is 5.89. The zero-order valence-electron chi connectivity index (χ0n) is 9.34. The molecule has 0 fully saturated rings. The molecule has 86 valence electrons. The number of hydrogen-bond donors (Lipinski definition) is 2. The lowest BCUT2D eigenvalue weighted by atomic mass is 10.2. The number of aromatic nitrogens is 2. The van der Waals surface area contributed by atoms with Crippen LogP contribution in [0.15, 0.2) is 46.6 Å². The van der Waals surface area contributed by atoms with Gasteiger partial charge in [-0.05, 0) is 36.9 Å². The minimum atomic E-state index is -0.0434. The molecular formula is C12H12N4S. The Morgan fingerprint density at radius 1 is 1.24 bits per heavy atom. The van der Waals surface area contributed by atoms with Crippen LogP contribution in [0, 0.1) is 12.3 Å². The molecule has 0 saturated heterocycles. The van der Waals surface area contributed by atoms with Gasteiger partial charge >= 0.3 is 0 Å². The van der Waals surface area contributed by atoms with Gasteiger partial charge in [-0.1, -0.05) is 17.7 Å². The summed E-state index contributed by atoms with van der Waals surface area (Å²) in [4.78, 5) is 9.40. The highest BCUT2D eigenvalue weighted by Gasteiger charge is 2.03. The number of benzene rings is 1. The molecular weight excluding hydrogens is 232 g/mol. The molecule has 2 rings (SSSR count). The van der Waals surface area contributed by atoms with Crippen LogP contribution in [0.4, 0.5) is 0 Å². The number of rotatable bonds is 3. The van der Waals surface area contributed by atoms with Crippen LogP contribution in [0.25, 0.3) is 0 Å². The number of nitrogens with one attached hydrogen (secondary N) is 1. The second-order valence-corrected chi connectivity index (χ2v) is 4.59. The van der Waals surface area contributed by atoms with Crippen molar-refractivity contribution in [3.63, 3.8) is 0 Å². The summed E-state index contributed by atoms with van der Waals surface area (Å²) in [5, 5.41) is 7.92. The van der Waals surface area contributed by atoms with Crippen LogP contribution in [-0.2, 0) is 0 Å². The highest BCUT2D eigenvalue weighted by Crippen LogP contribution is 2.24. The first-order chi connectivity index (χ1) is 8.15. The fourth-order valence-corrected chi connectivity index (χ4v) is 1.99. The molecule has 4 nitrogen and oxygen atoms in total. The summed E-state index contributed by atoms with van der Waals surface area (Å²) in [6.07, 6.45) is 1.61. The Balaban J connectivity index is 2.21. The van der Waals surface area contributed by atoms with E-state index in [2.05, 4.69) is 9.97 Å². The standard InChI is InChI=1S/C12H12N4S/c1-8-2-4-9(5-3-8)17-12-15-7-6-10(16-12)11(13)14/h2-7H,1H3,(H3,13,14). The van der Waals surface area contributed by atoms with E-state index in [0.717, 1.165) is 4.90 Å². The van der Waals surface area contributed by atoms with Gasteiger partial charge < -0.3 is 5.73 Å². The van der Waals surface area contributed by atoms with Gasteiger partial charge in [-0.3, -0.25) is 5.41 Å². The van der Waals surface area contributed by atoms with Gasteiger partial charge in [0.1, 0.15) is 11.5 Å². The van der Waals surface area contributed by atoms with E-state index in [4.69, 9.17) is 11.1 Å². The van der Waals surface area contributed by atoms with E-state index in [1.807, 2.05) is 31.2 Å². The Kier molecular flexibility index (Phi) is 3.39. The summed E-state index contributed by atoms with van der Waals surface area (Å²) in [5.74, 6) is -0.0434. The van der Waals surface area contributed by atoms with Crippen molar-refractivity contribution in [2.75, 3.05) is 0 Å². The zero-order valence-corrected chi connectivity index (χ0v) is 10.2. The predicted octanol–water partition coefficient (Wildman–Crippen LogP) is 2.22. The Bertz CT molecular complexity index is 536. The predicted molar refractivity (Wildman–Crippen MR) is 68.4 cm³/mol. The number of nitrogen functional groups attached to an aromatic ring is 1. The van der Waals surface area contributed by atoms with Gasteiger partial charge in [-0.25, -0.2) is 9.97 Å². The third-order valence-corrected chi connectivity index (χ3v) is 3.03. The van der Waals surface area contributed by atoms with Gasteiger partial charge in [-0.2, -0.15) is 0 Å². The summed E-state index contributed by atoms with van der Waals surface area (Å²) >= 11 is 1.45. The Morgan fingerprint density at radius 2 is 1.94 bits per heavy atom. The lowest BCUT2D eigenvalue weighted by molar-refractivity contribution is 0.954. The third kappa shape index (κ3) is 3.04. The minimum Gasteiger partial charge on any atom is -0.382 e. The van der Waals surface area contributed by atoms with Crippen molar-refractivity contribution in [2.45, 2.75) is 17.0 Å². The van der Waals surface area contributed by atoms with E-state index < -0.39 is 0 Å². The normalized spacial score (nSPS) is 10.2. The van der Waals surface area contributed by atoms with Crippen LogP contribution in [0.3, 0.4) is 0 Å². The van der Waals surface area contributed by atoms with Crippen molar-refractivity contribution in [1.82, 2.24) is 9.97 Å². The van der Waals surface area contributed by atoms with Crippen LogP contribution in [0.1, 0.15) is 11.3 Å². The topological polar surface area (TPSA) is 75.7 Å². The average molecular weight is 244 g/mol. The SMILES string of the molecule is Cc1ccc(Sc2nccc(C(=N)N)n2)cc1. The van der Waals surface area contributed by atoms with E-state index in [0.29, 0.717) is 10.9 Å². The lowest BCUT2D eigenvalue weighted by Gasteiger charge is -2.02. The quantitative estimate of drug-likeness (QED) is 0.493. The van der Waals surface area contributed by atoms with Gasteiger partial charge in [0.05, 0.1) is 0 Å². The van der Waals surface area contributed by atoms with E-state index >= 15 is 0 Å². The molecule has 17 heavy (non-hydrogen) atoms. The molecule has 0 bridgehead atoms. The second-order valence-electron chi connectivity index (χ2n) is 3.55. The van der Waals surface area contributed by atoms with E-state index in [-0.39, 0.29) is 5.84 Å². The summed E-state index contributed by atoms with van der Waals surface area (Å²) in [6.45, 7) is 2.04. The Labute approximate surface area is 104 Å². The minimum absolute atomic E-state index is 0.0434. The number of hydrogen-bond acceptors (Lipinski definition) is 4. The summed E-state index contributed by atoms with van der Waals surface area (Å²) < 4.78 is 0. The molecule has 3 N–H and O–H groups in total. The van der Waals surface area contributed by atoms with Gasteiger partial charge in [0.15, 0.2) is 5.16 Å². The summed E-state index contributed by atoms with van der Waals surface area (Å²) in [6, 6.07) is 9.74. The first-order valence-electron chi connectivity index (χ1n) is 5.07. The third-order valence-electron chi connectivity index (χ3n) is 2.14. The maximum Gasteiger partial charge on any atom is 0.193 e. The van der Waals surface area contributed by atoms with Crippen molar-refractivity contribution in [3.8, 4) is 0 Å². The monoisotopic (exact) mass is 244 g/mol.